The van der Waals surface area contributed by atoms with Crippen molar-refractivity contribution in [3.63, 3.8) is 0 Å². The molecule has 3 aromatic carbocycles. The Balaban J connectivity index is 1.40. The van der Waals surface area contributed by atoms with Gasteiger partial charge in [-0.15, -0.1) is 5.10 Å². The molecule has 182 valence electrons. The molecule has 0 bridgehead atoms. The predicted octanol–water partition coefficient (Wildman–Crippen LogP) is 3.78. The summed E-state index contributed by atoms with van der Waals surface area (Å²) in [6.45, 7) is 3.86. The number of benzene rings is 3. The van der Waals surface area contributed by atoms with Crippen LogP contribution in [0.1, 0.15) is 21.5 Å². The third kappa shape index (κ3) is 2.92. The highest BCUT2D eigenvalue weighted by atomic mass is 16.2. The van der Waals surface area contributed by atoms with Crippen LogP contribution in [0.4, 0.5) is 11.4 Å². The Labute approximate surface area is 212 Å². The molecule has 1 aromatic heterocycles. The van der Waals surface area contributed by atoms with Crippen LogP contribution in [0.15, 0.2) is 72.8 Å². The summed E-state index contributed by atoms with van der Waals surface area (Å²) in [5.74, 6) is -2.56. The van der Waals surface area contributed by atoms with Crippen LogP contribution >= 0.6 is 0 Å². The molecule has 2 amide bonds. The lowest BCUT2D eigenvalue weighted by molar-refractivity contribution is -0.122. The van der Waals surface area contributed by atoms with Crippen LogP contribution in [0.2, 0.25) is 0 Å². The maximum absolute atomic E-state index is 14.2. The zero-order valence-electron chi connectivity index (χ0n) is 20.3. The molecular formula is C29H23N5O3. The van der Waals surface area contributed by atoms with Gasteiger partial charge >= 0.3 is 0 Å². The van der Waals surface area contributed by atoms with Crippen molar-refractivity contribution in [3.8, 4) is 0 Å². The number of carbonyl (C=O) groups is 3. The second kappa shape index (κ2) is 7.70. The first-order valence-electron chi connectivity index (χ1n) is 12.3. The van der Waals surface area contributed by atoms with Crippen LogP contribution in [-0.2, 0) is 9.59 Å². The van der Waals surface area contributed by atoms with Crippen molar-refractivity contribution in [3.05, 3.63) is 89.5 Å². The van der Waals surface area contributed by atoms with E-state index in [9.17, 15) is 14.4 Å². The van der Waals surface area contributed by atoms with Crippen molar-refractivity contribution >= 4 is 46.2 Å². The SMILES string of the molecule is Cc1ccc(N2C(=O)[C@@H]3[C@H](C2=O)[C@@H]2C=Cc4ccccc4N2[C@@H]3C(=O)n2nnc3ccccc32)c(C)c1. The van der Waals surface area contributed by atoms with E-state index >= 15 is 0 Å². The smallest absolute Gasteiger partial charge is 0.272 e. The topological polar surface area (TPSA) is 88.4 Å². The minimum absolute atomic E-state index is 0.278. The lowest BCUT2D eigenvalue weighted by Gasteiger charge is -2.36. The van der Waals surface area contributed by atoms with Gasteiger partial charge in [-0.1, -0.05) is 65.4 Å². The number of imide groups is 1. The Kier molecular flexibility index (Phi) is 4.51. The molecular weight excluding hydrogens is 466 g/mol. The Morgan fingerprint density at radius 2 is 1.62 bits per heavy atom. The Morgan fingerprint density at radius 3 is 2.46 bits per heavy atom. The fraction of sp³-hybridized carbons (Fsp3) is 0.207. The van der Waals surface area contributed by atoms with Crippen LogP contribution in [0.3, 0.4) is 0 Å². The lowest BCUT2D eigenvalue weighted by atomic mass is 9.88. The molecule has 3 aliphatic heterocycles. The van der Waals surface area contributed by atoms with Gasteiger partial charge in [0.25, 0.3) is 5.91 Å². The molecule has 4 atom stereocenters. The molecule has 0 saturated carbocycles. The molecule has 0 unspecified atom stereocenters. The summed E-state index contributed by atoms with van der Waals surface area (Å²) in [6, 6.07) is 19.3. The van der Waals surface area contributed by atoms with Crippen molar-refractivity contribution in [1.29, 1.82) is 0 Å². The zero-order valence-corrected chi connectivity index (χ0v) is 20.3. The van der Waals surface area contributed by atoms with E-state index in [2.05, 4.69) is 10.3 Å². The Hall–Kier alpha value is -4.59. The van der Waals surface area contributed by atoms with Crippen molar-refractivity contribution < 1.29 is 14.4 Å². The van der Waals surface area contributed by atoms with Gasteiger partial charge in [0.15, 0.2) is 0 Å². The van der Waals surface area contributed by atoms with Crippen molar-refractivity contribution in [1.82, 2.24) is 15.0 Å². The molecule has 37 heavy (non-hydrogen) atoms. The van der Waals surface area contributed by atoms with Crippen LogP contribution in [0, 0.1) is 25.7 Å². The fourth-order valence-corrected chi connectivity index (χ4v) is 6.25. The van der Waals surface area contributed by atoms with Crippen molar-refractivity contribution in [2.45, 2.75) is 25.9 Å². The second-order valence-corrected chi connectivity index (χ2v) is 9.94. The number of anilines is 2. The van der Waals surface area contributed by atoms with Gasteiger partial charge in [-0.25, -0.2) is 4.90 Å². The molecule has 0 radical (unpaired) electrons. The number of rotatable bonds is 2. The van der Waals surface area contributed by atoms with Gasteiger partial charge in [0.1, 0.15) is 11.6 Å². The number of amides is 2. The average Bonchev–Trinajstić information content (AvgIpc) is 3.55. The third-order valence-corrected chi connectivity index (χ3v) is 7.82. The number of nitrogens with zero attached hydrogens (tertiary/aromatic N) is 5. The van der Waals surface area contributed by atoms with Crippen LogP contribution in [0.5, 0.6) is 0 Å². The summed E-state index contributed by atoms with van der Waals surface area (Å²) in [5, 5.41) is 8.31. The highest BCUT2D eigenvalue weighted by molar-refractivity contribution is 6.25. The van der Waals surface area contributed by atoms with Crippen LogP contribution in [-0.4, -0.2) is 44.8 Å². The first-order valence-corrected chi connectivity index (χ1v) is 12.3. The van der Waals surface area contributed by atoms with Gasteiger partial charge in [0, 0.05) is 5.69 Å². The highest BCUT2D eigenvalue weighted by Crippen LogP contribution is 2.49. The summed E-state index contributed by atoms with van der Waals surface area (Å²) in [6.07, 6.45) is 3.92. The molecule has 8 heteroatoms. The quantitative estimate of drug-likeness (QED) is 0.398. The van der Waals surface area contributed by atoms with E-state index < -0.39 is 23.9 Å². The van der Waals surface area contributed by atoms with Crippen molar-refractivity contribution in [2.75, 3.05) is 9.80 Å². The van der Waals surface area contributed by atoms with E-state index in [-0.39, 0.29) is 17.7 Å². The maximum atomic E-state index is 14.2. The molecule has 7 rings (SSSR count). The second-order valence-electron chi connectivity index (χ2n) is 9.94. The maximum Gasteiger partial charge on any atom is 0.272 e. The van der Waals surface area contributed by atoms with E-state index in [1.165, 1.54) is 9.58 Å². The van der Waals surface area contributed by atoms with Gasteiger partial charge in [-0.05, 0) is 49.2 Å². The number of fused-ring (bicyclic) bond motifs is 6. The summed E-state index contributed by atoms with van der Waals surface area (Å²) in [4.78, 5) is 45.5. The summed E-state index contributed by atoms with van der Waals surface area (Å²) >= 11 is 0. The number of hydrogen-bond acceptors (Lipinski definition) is 6. The molecule has 4 aromatic rings. The number of para-hydroxylation sites is 2. The average molecular weight is 490 g/mol. The largest absolute Gasteiger partial charge is 0.351 e. The summed E-state index contributed by atoms with van der Waals surface area (Å²) < 4.78 is 1.28. The normalized spacial score (nSPS) is 23.9. The predicted molar refractivity (Wildman–Crippen MR) is 139 cm³/mol. The molecule has 0 N–H and O–H groups in total. The number of aryl methyl sites for hydroxylation is 2. The molecule has 8 nitrogen and oxygen atoms in total. The van der Waals surface area contributed by atoms with Gasteiger partial charge < -0.3 is 4.90 Å². The molecule has 4 heterocycles. The van der Waals surface area contributed by atoms with Gasteiger partial charge in [-0.3, -0.25) is 14.4 Å². The first kappa shape index (κ1) is 21.7. The number of aromatic nitrogens is 3. The first-order chi connectivity index (χ1) is 18.0. The van der Waals surface area contributed by atoms with Gasteiger partial charge in [-0.2, -0.15) is 4.68 Å². The van der Waals surface area contributed by atoms with E-state index in [1.54, 1.807) is 12.1 Å². The fourth-order valence-electron chi connectivity index (χ4n) is 6.25. The lowest BCUT2D eigenvalue weighted by Crippen LogP contribution is -2.50. The van der Waals surface area contributed by atoms with Gasteiger partial charge in [0.05, 0.1) is 29.1 Å². The summed E-state index contributed by atoms with van der Waals surface area (Å²) in [7, 11) is 0. The van der Waals surface area contributed by atoms with E-state index in [4.69, 9.17) is 0 Å². The van der Waals surface area contributed by atoms with E-state index in [0.717, 1.165) is 22.4 Å². The van der Waals surface area contributed by atoms with E-state index in [0.29, 0.717) is 16.7 Å². The number of carbonyl (C=O) groups excluding carboxylic acids is 3. The molecule has 2 fully saturated rings. The third-order valence-electron chi connectivity index (χ3n) is 7.82. The number of hydrogen-bond donors (Lipinski definition) is 0. The minimum atomic E-state index is -0.918. The highest BCUT2D eigenvalue weighted by Gasteiger charge is 2.64. The van der Waals surface area contributed by atoms with Crippen molar-refractivity contribution in [2.24, 2.45) is 11.8 Å². The molecule has 2 saturated heterocycles. The molecule has 3 aliphatic rings. The minimum Gasteiger partial charge on any atom is -0.351 e. The standard InChI is InChI=1S/C29H23N5O3/c1-16-11-13-20(17(2)15-16)33-27(35)24-23-14-12-18-7-3-5-9-21(18)32(23)26(25(24)28(33)36)29(37)34-22-10-6-4-8-19(22)30-31-34/h3-15,23-26H,1-2H3/t23-,24+,25+,26-/m0/s1. The molecule has 0 aliphatic carbocycles. The van der Waals surface area contributed by atoms with Gasteiger partial charge in [0.2, 0.25) is 11.8 Å². The van der Waals surface area contributed by atoms with E-state index in [1.807, 2.05) is 85.5 Å². The van der Waals surface area contributed by atoms with Crippen LogP contribution < -0.4 is 9.80 Å². The summed E-state index contributed by atoms with van der Waals surface area (Å²) in [5.41, 5.74) is 5.37. The Bertz CT molecular complexity index is 1670. The zero-order chi connectivity index (χ0) is 25.4. The monoisotopic (exact) mass is 489 g/mol. The molecule has 0 spiro atoms. The Morgan fingerprint density at radius 1 is 0.865 bits per heavy atom. The van der Waals surface area contributed by atoms with Crippen LogP contribution in [0.25, 0.3) is 17.1 Å².